The number of rotatable bonds is 5. The van der Waals surface area contributed by atoms with E-state index in [4.69, 9.17) is 5.73 Å². The van der Waals surface area contributed by atoms with E-state index in [0.29, 0.717) is 11.8 Å². The maximum Gasteiger partial charge on any atom is 0.229 e. The minimum atomic E-state index is -0.0239. The van der Waals surface area contributed by atoms with Crippen LogP contribution in [0.25, 0.3) is 0 Å². The Kier molecular flexibility index (Phi) is 4.70. The summed E-state index contributed by atoms with van der Waals surface area (Å²) in [5, 5.41) is 3.48. The van der Waals surface area contributed by atoms with Gasteiger partial charge >= 0.3 is 0 Å². The standard InChI is InChI=1S/C15H22N6/c1-10(12-8-6-5-7-9-12)17-11(2)13-18-14(16)20-15(19-13)21(3)4/h5-11,17H,1-4H3,(H2,16,18,19,20)/t10-,11-/m1/s1. The zero-order chi connectivity index (χ0) is 15.4. The molecule has 0 fully saturated rings. The highest BCUT2D eigenvalue weighted by Crippen LogP contribution is 2.18. The smallest absolute Gasteiger partial charge is 0.229 e. The number of nitrogens with one attached hydrogen (secondary N) is 1. The normalized spacial score (nSPS) is 13.7. The SMILES string of the molecule is C[C@@H](N[C@H](C)c1nc(N)nc(N(C)C)n1)c1ccccc1. The summed E-state index contributed by atoms with van der Waals surface area (Å²) in [7, 11) is 3.76. The molecule has 0 radical (unpaired) electrons. The van der Waals surface area contributed by atoms with Crippen LogP contribution in [0.2, 0.25) is 0 Å². The highest BCUT2D eigenvalue weighted by molar-refractivity contribution is 5.33. The van der Waals surface area contributed by atoms with Gasteiger partial charge in [-0.1, -0.05) is 30.3 Å². The Balaban J connectivity index is 2.15. The zero-order valence-corrected chi connectivity index (χ0v) is 12.9. The Labute approximate surface area is 125 Å². The molecule has 0 saturated heterocycles. The molecule has 0 aliphatic heterocycles. The lowest BCUT2D eigenvalue weighted by Crippen LogP contribution is -2.26. The molecule has 0 amide bonds. The second kappa shape index (κ2) is 6.49. The maximum atomic E-state index is 5.76. The zero-order valence-electron chi connectivity index (χ0n) is 12.9. The van der Waals surface area contributed by atoms with Crippen LogP contribution in [-0.4, -0.2) is 29.0 Å². The molecule has 3 N–H and O–H groups in total. The monoisotopic (exact) mass is 286 g/mol. The number of anilines is 2. The highest BCUT2D eigenvalue weighted by Gasteiger charge is 2.15. The van der Waals surface area contributed by atoms with Crippen LogP contribution < -0.4 is 16.0 Å². The Hall–Kier alpha value is -2.21. The van der Waals surface area contributed by atoms with Gasteiger partial charge in [-0.05, 0) is 19.4 Å². The van der Waals surface area contributed by atoms with Gasteiger partial charge in [-0.25, -0.2) is 0 Å². The lowest BCUT2D eigenvalue weighted by atomic mass is 10.1. The topological polar surface area (TPSA) is 80.0 Å². The van der Waals surface area contributed by atoms with Gasteiger partial charge < -0.3 is 16.0 Å². The van der Waals surface area contributed by atoms with Crippen LogP contribution >= 0.6 is 0 Å². The van der Waals surface area contributed by atoms with Gasteiger partial charge in [0.1, 0.15) is 0 Å². The first-order chi connectivity index (χ1) is 9.97. The first-order valence-corrected chi connectivity index (χ1v) is 6.97. The van der Waals surface area contributed by atoms with Gasteiger partial charge in [0, 0.05) is 20.1 Å². The first kappa shape index (κ1) is 15.2. The fraction of sp³-hybridized carbons (Fsp3) is 0.400. The van der Waals surface area contributed by atoms with Gasteiger partial charge in [0.2, 0.25) is 11.9 Å². The molecule has 0 aliphatic rings. The number of hydrogen-bond acceptors (Lipinski definition) is 6. The summed E-state index contributed by atoms with van der Waals surface area (Å²) >= 11 is 0. The van der Waals surface area contributed by atoms with Crippen molar-refractivity contribution in [3.05, 3.63) is 41.7 Å². The molecule has 0 bridgehead atoms. The Morgan fingerprint density at radius 3 is 2.29 bits per heavy atom. The van der Waals surface area contributed by atoms with Crippen molar-refractivity contribution < 1.29 is 0 Å². The van der Waals surface area contributed by atoms with Crippen molar-refractivity contribution in [2.75, 3.05) is 24.7 Å². The number of aromatic nitrogens is 3. The van der Waals surface area contributed by atoms with Crippen LogP contribution in [0.4, 0.5) is 11.9 Å². The Morgan fingerprint density at radius 2 is 1.67 bits per heavy atom. The molecule has 2 atom stereocenters. The average molecular weight is 286 g/mol. The van der Waals surface area contributed by atoms with Crippen molar-refractivity contribution in [2.45, 2.75) is 25.9 Å². The van der Waals surface area contributed by atoms with E-state index in [0.717, 1.165) is 0 Å². The summed E-state index contributed by atoms with van der Waals surface area (Å²) in [5.74, 6) is 1.46. The molecule has 1 heterocycles. The highest BCUT2D eigenvalue weighted by atomic mass is 15.3. The van der Waals surface area contributed by atoms with Crippen LogP contribution in [0.3, 0.4) is 0 Å². The van der Waals surface area contributed by atoms with Crippen LogP contribution in [0, 0.1) is 0 Å². The molecule has 2 rings (SSSR count). The largest absolute Gasteiger partial charge is 0.368 e. The molecular weight excluding hydrogens is 264 g/mol. The van der Waals surface area contributed by atoms with Crippen molar-refractivity contribution in [2.24, 2.45) is 0 Å². The molecule has 0 unspecified atom stereocenters. The Morgan fingerprint density at radius 1 is 1.00 bits per heavy atom. The van der Waals surface area contributed by atoms with Crippen LogP contribution in [-0.2, 0) is 0 Å². The van der Waals surface area contributed by atoms with E-state index in [2.05, 4.69) is 39.3 Å². The molecule has 1 aromatic carbocycles. The molecule has 0 aliphatic carbocycles. The molecule has 6 nitrogen and oxygen atoms in total. The lowest BCUT2D eigenvalue weighted by molar-refractivity contribution is 0.476. The third-order valence-corrected chi connectivity index (χ3v) is 3.25. The van der Waals surface area contributed by atoms with E-state index < -0.39 is 0 Å². The molecular formula is C15H22N6. The summed E-state index contributed by atoms with van der Waals surface area (Å²) in [6.07, 6.45) is 0. The molecule has 6 heteroatoms. The van der Waals surface area contributed by atoms with Gasteiger partial charge in [-0.2, -0.15) is 15.0 Å². The van der Waals surface area contributed by atoms with Crippen LogP contribution in [0.5, 0.6) is 0 Å². The molecule has 0 saturated carbocycles. The minimum absolute atomic E-state index is 0.0239. The van der Waals surface area contributed by atoms with E-state index in [9.17, 15) is 0 Å². The third kappa shape index (κ3) is 3.88. The van der Waals surface area contributed by atoms with Gasteiger partial charge in [-0.15, -0.1) is 0 Å². The number of nitrogen functional groups attached to an aromatic ring is 1. The van der Waals surface area contributed by atoms with Gasteiger partial charge in [0.05, 0.1) is 6.04 Å². The van der Waals surface area contributed by atoms with Gasteiger partial charge in [0.15, 0.2) is 5.82 Å². The summed E-state index contributed by atoms with van der Waals surface area (Å²) in [5.41, 5.74) is 6.98. The molecule has 0 spiro atoms. The number of nitrogens with zero attached hydrogens (tertiary/aromatic N) is 4. The molecule has 2 aromatic rings. The van der Waals surface area contributed by atoms with Crippen molar-refractivity contribution in [1.82, 2.24) is 20.3 Å². The first-order valence-electron chi connectivity index (χ1n) is 6.97. The van der Waals surface area contributed by atoms with E-state index in [-0.39, 0.29) is 18.0 Å². The summed E-state index contributed by atoms with van der Waals surface area (Å²) in [4.78, 5) is 14.6. The van der Waals surface area contributed by atoms with Gasteiger partial charge in [0.25, 0.3) is 0 Å². The number of benzene rings is 1. The summed E-state index contributed by atoms with van der Waals surface area (Å²) < 4.78 is 0. The van der Waals surface area contributed by atoms with Crippen molar-refractivity contribution in [3.8, 4) is 0 Å². The fourth-order valence-electron chi connectivity index (χ4n) is 2.08. The minimum Gasteiger partial charge on any atom is -0.368 e. The molecule has 21 heavy (non-hydrogen) atoms. The van der Waals surface area contributed by atoms with Crippen molar-refractivity contribution in [1.29, 1.82) is 0 Å². The van der Waals surface area contributed by atoms with Crippen LogP contribution in [0.15, 0.2) is 30.3 Å². The van der Waals surface area contributed by atoms with Crippen LogP contribution in [0.1, 0.15) is 37.3 Å². The van der Waals surface area contributed by atoms with E-state index in [1.807, 2.05) is 44.1 Å². The maximum absolute atomic E-state index is 5.76. The predicted octanol–water partition coefficient (Wildman–Crippen LogP) is 1.93. The lowest BCUT2D eigenvalue weighted by Gasteiger charge is -2.20. The summed E-state index contributed by atoms with van der Waals surface area (Å²) in [6.45, 7) is 4.14. The van der Waals surface area contributed by atoms with Gasteiger partial charge in [-0.3, -0.25) is 0 Å². The van der Waals surface area contributed by atoms with E-state index >= 15 is 0 Å². The van der Waals surface area contributed by atoms with Crippen molar-refractivity contribution >= 4 is 11.9 Å². The average Bonchev–Trinajstić information content (AvgIpc) is 2.47. The van der Waals surface area contributed by atoms with E-state index in [1.54, 1.807) is 0 Å². The molecule has 1 aromatic heterocycles. The van der Waals surface area contributed by atoms with E-state index in [1.165, 1.54) is 5.56 Å². The molecule has 112 valence electrons. The number of hydrogen-bond donors (Lipinski definition) is 2. The Bertz CT molecular complexity index is 584. The fourth-order valence-corrected chi connectivity index (χ4v) is 2.08. The summed E-state index contributed by atoms with van der Waals surface area (Å²) in [6, 6.07) is 10.4. The number of nitrogens with two attached hydrogens (primary N) is 1. The second-order valence-corrected chi connectivity index (χ2v) is 5.27. The van der Waals surface area contributed by atoms with Crippen molar-refractivity contribution in [3.63, 3.8) is 0 Å². The quantitative estimate of drug-likeness (QED) is 0.874. The predicted molar refractivity (Wildman–Crippen MR) is 85.0 cm³/mol. The second-order valence-electron chi connectivity index (χ2n) is 5.27. The third-order valence-electron chi connectivity index (χ3n) is 3.25.